The van der Waals surface area contributed by atoms with E-state index in [1.54, 1.807) is 0 Å². The van der Waals surface area contributed by atoms with Crippen LogP contribution in [0.1, 0.15) is 165 Å². The second kappa shape index (κ2) is 50.5. The maximum atomic E-state index is 13.2. The van der Waals surface area contributed by atoms with Crippen molar-refractivity contribution >= 4 is 11.8 Å². The summed E-state index contributed by atoms with van der Waals surface area (Å²) in [4.78, 5) is 40.4. The molecule has 6 rings (SSSR count). The first-order valence-electron chi connectivity index (χ1n) is 35.7. The normalized spacial score (nSPS) is 20.5. The summed E-state index contributed by atoms with van der Waals surface area (Å²) in [6, 6.07) is 21.2. The van der Waals surface area contributed by atoms with Crippen LogP contribution in [0.3, 0.4) is 0 Å². The van der Waals surface area contributed by atoms with E-state index in [2.05, 4.69) is 90.1 Å². The Morgan fingerprint density at radius 1 is 0.284 bits per heavy atom. The number of piperidine rings is 2. The highest BCUT2D eigenvalue weighted by molar-refractivity contribution is 5.76. The van der Waals surface area contributed by atoms with Crippen molar-refractivity contribution in [2.45, 2.75) is 167 Å². The SMILES string of the molecule is O=C(CCCCCCCCCCCN1CCOCCOCCN(Cc2ccccc2)CCOCCOCC1)N1CCC(C2CCN(C(=O)CCCCCCCCCCCN3CCOCCOCCN(Cc4ccccc4)CCOCCOCC3)CC2)CC1. The highest BCUT2D eigenvalue weighted by Crippen LogP contribution is 2.33. The molecule has 2 amide bonds. The Kier molecular flexibility index (Phi) is 42.4. The van der Waals surface area contributed by atoms with E-state index in [0.717, 1.165) is 156 Å². The first-order valence-corrected chi connectivity index (χ1v) is 35.7. The summed E-state index contributed by atoms with van der Waals surface area (Å²) < 4.78 is 47.7. The minimum absolute atomic E-state index is 0.364. The monoisotopic (exact) mass is 1230 g/mol. The van der Waals surface area contributed by atoms with Crippen LogP contribution in [-0.4, -0.2) is 239 Å². The lowest BCUT2D eigenvalue weighted by Crippen LogP contribution is -2.44. The summed E-state index contributed by atoms with van der Waals surface area (Å²) in [5.41, 5.74) is 2.61. The van der Waals surface area contributed by atoms with Crippen molar-refractivity contribution in [3.05, 3.63) is 71.8 Å². The zero-order valence-electron chi connectivity index (χ0n) is 55.3. The van der Waals surface area contributed by atoms with Gasteiger partial charge in [0.25, 0.3) is 0 Å². The predicted molar refractivity (Wildman–Crippen MR) is 354 cm³/mol. The Morgan fingerprint density at radius 3 is 0.795 bits per heavy atom. The number of benzene rings is 2. The minimum atomic E-state index is 0.364. The number of unbranched alkanes of at least 4 members (excludes halogenated alkanes) is 16. The van der Waals surface area contributed by atoms with Crippen LogP contribution in [0.2, 0.25) is 0 Å². The Balaban J connectivity index is 0.680. The molecule has 4 aliphatic rings. The summed E-state index contributed by atoms with van der Waals surface area (Å²) in [7, 11) is 0. The second-order valence-electron chi connectivity index (χ2n) is 25.4. The molecule has 0 spiro atoms. The van der Waals surface area contributed by atoms with Crippen LogP contribution in [0.4, 0.5) is 0 Å². The Hall–Kier alpha value is -3.10. The zero-order chi connectivity index (χ0) is 61.3. The lowest BCUT2D eigenvalue weighted by Gasteiger charge is -2.40. The fraction of sp³-hybridized carbons (Fsp3) is 0.806. The number of rotatable bonds is 29. The topological polar surface area (TPSA) is 127 Å². The molecule has 16 nitrogen and oxygen atoms in total. The van der Waals surface area contributed by atoms with Crippen molar-refractivity contribution in [2.24, 2.45) is 11.8 Å². The average molecular weight is 1230 g/mol. The molecule has 0 bridgehead atoms. The van der Waals surface area contributed by atoms with Crippen molar-refractivity contribution in [2.75, 3.05) is 197 Å². The highest BCUT2D eigenvalue weighted by Gasteiger charge is 2.32. The molecule has 502 valence electrons. The molecule has 2 aromatic rings. The van der Waals surface area contributed by atoms with Gasteiger partial charge in [-0.1, -0.05) is 151 Å². The van der Waals surface area contributed by atoms with Gasteiger partial charge in [0.1, 0.15) is 0 Å². The van der Waals surface area contributed by atoms with E-state index in [1.165, 1.54) is 101 Å². The molecule has 4 aliphatic heterocycles. The first kappa shape index (κ1) is 73.9. The smallest absolute Gasteiger partial charge is 0.222 e. The van der Waals surface area contributed by atoms with E-state index < -0.39 is 0 Å². The summed E-state index contributed by atoms with van der Waals surface area (Å²) in [5.74, 6) is 2.12. The van der Waals surface area contributed by atoms with Crippen LogP contribution >= 0.6 is 0 Å². The second-order valence-corrected chi connectivity index (χ2v) is 25.4. The van der Waals surface area contributed by atoms with Gasteiger partial charge < -0.3 is 47.7 Å². The molecular formula is C72H124N6O10. The summed E-state index contributed by atoms with van der Waals surface area (Å²) in [5, 5.41) is 0. The van der Waals surface area contributed by atoms with E-state index in [-0.39, 0.29) is 0 Å². The van der Waals surface area contributed by atoms with Gasteiger partial charge in [-0.2, -0.15) is 0 Å². The van der Waals surface area contributed by atoms with Crippen molar-refractivity contribution in [1.29, 1.82) is 0 Å². The third-order valence-corrected chi connectivity index (χ3v) is 18.6. The van der Waals surface area contributed by atoms with Crippen LogP contribution in [0.5, 0.6) is 0 Å². The maximum absolute atomic E-state index is 13.2. The summed E-state index contributed by atoms with van der Waals surface area (Å²) in [6.45, 7) is 25.4. The number of carbonyl (C=O) groups excluding carboxylic acids is 2. The molecule has 0 saturated carbocycles. The molecule has 16 heteroatoms. The number of hydrogen-bond donors (Lipinski definition) is 0. The van der Waals surface area contributed by atoms with E-state index in [9.17, 15) is 9.59 Å². The van der Waals surface area contributed by atoms with Gasteiger partial charge in [-0.05, 0) is 87.4 Å². The van der Waals surface area contributed by atoms with Crippen LogP contribution in [0.25, 0.3) is 0 Å². The number of hydrogen-bond acceptors (Lipinski definition) is 14. The Labute approximate surface area is 534 Å². The van der Waals surface area contributed by atoms with E-state index in [1.807, 2.05) is 0 Å². The van der Waals surface area contributed by atoms with Crippen molar-refractivity contribution < 1.29 is 47.5 Å². The number of ether oxygens (including phenoxy) is 8. The fourth-order valence-corrected chi connectivity index (χ4v) is 13.0. The van der Waals surface area contributed by atoms with Crippen molar-refractivity contribution in [1.82, 2.24) is 29.4 Å². The Morgan fingerprint density at radius 2 is 0.523 bits per heavy atom. The molecule has 0 unspecified atom stereocenters. The Bertz CT molecular complexity index is 1770. The standard InChI is InChI=1S/C72H124N6O10/c79-71(29-21-11-7-3-1-5-9-13-23-35-73-41-49-81-57-61-85-53-45-75(65-67-25-17-15-18-26-67)46-54-86-62-58-82-50-42-73)77-37-31-69(32-38-77)70-33-39-78(40-34-70)72(80)30-22-12-8-4-2-6-10-14-24-36-74-43-51-83-59-63-87-55-47-76(66-68-27-19-16-20-28-68)48-56-88-64-60-84-52-44-74/h15-20,25-28,69-70H,1-14,21-24,29-66H2. The molecule has 0 aromatic heterocycles. The lowest BCUT2D eigenvalue weighted by atomic mass is 9.78. The van der Waals surface area contributed by atoms with Gasteiger partial charge in [0.05, 0.1) is 106 Å². The van der Waals surface area contributed by atoms with Gasteiger partial charge in [0, 0.05) is 104 Å². The number of carbonyl (C=O) groups is 2. The van der Waals surface area contributed by atoms with Gasteiger partial charge in [-0.15, -0.1) is 0 Å². The van der Waals surface area contributed by atoms with Crippen LogP contribution < -0.4 is 0 Å². The molecular weight excluding hydrogens is 1110 g/mol. The molecule has 88 heavy (non-hydrogen) atoms. The van der Waals surface area contributed by atoms with Crippen molar-refractivity contribution in [3.63, 3.8) is 0 Å². The summed E-state index contributed by atoms with van der Waals surface area (Å²) >= 11 is 0. The minimum Gasteiger partial charge on any atom is -0.378 e. The predicted octanol–water partition coefficient (Wildman–Crippen LogP) is 11.0. The largest absolute Gasteiger partial charge is 0.378 e. The number of nitrogens with zero attached hydrogens (tertiary/aromatic N) is 6. The van der Waals surface area contributed by atoms with Crippen molar-refractivity contribution in [3.8, 4) is 0 Å². The van der Waals surface area contributed by atoms with E-state index >= 15 is 0 Å². The molecule has 0 aliphatic carbocycles. The van der Waals surface area contributed by atoms with E-state index in [4.69, 9.17) is 37.9 Å². The molecule has 0 atom stereocenters. The third-order valence-electron chi connectivity index (χ3n) is 18.6. The number of likely N-dealkylation sites (tertiary alicyclic amines) is 2. The van der Waals surface area contributed by atoms with Gasteiger partial charge in [0.2, 0.25) is 11.8 Å². The van der Waals surface area contributed by atoms with Crippen LogP contribution in [-0.2, 0) is 60.6 Å². The lowest BCUT2D eigenvalue weighted by molar-refractivity contribution is -0.135. The molecule has 4 fully saturated rings. The highest BCUT2D eigenvalue weighted by atomic mass is 16.5. The summed E-state index contributed by atoms with van der Waals surface area (Å²) in [6.07, 6.45) is 27.9. The average Bonchev–Trinajstić information content (AvgIpc) is 3.70. The van der Waals surface area contributed by atoms with Gasteiger partial charge in [-0.3, -0.25) is 29.2 Å². The van der Waals surface area contributed by atoms with Crippen LogP contribution in [0, 0.1) is 11.8 Å². The molecule has 0 radical (unpaired) electrons. The molecule has 4 heterocycles. The fourth-order valence-electron chi connectivity index (χ4n) is 13.0. The van der Waals surface area contributed by atoms with E-state index in [0.29, 0.717) is 142 Å². The van der Waals surface area contributed by atoms with Crippen LogP contribution in [0.15, 0.2) is 60.7 Å². The number of amides is 2. The van der Waals surface area contributed by atoms with Gasteiger partial charge >= 0.3 is 0 Å². The van der Waals surface area contributed by atoms with Gasteiger partial charge in [-0.25, -0.2) is 0 Å². The molecule has 4 saturated heterocycles. The zero-order valence-corrected chi connectivity index (χ0v) is 55.3. The third kappa shape index (κ3) is 35.6. The maximum Gasteiger partial charge on any atom is 0.222 e. The molecule has 0 N–H and O–H groups in total. The quantitative estimate of drug-likeness (QED) is 0.0717. The van der Waals surface area contributed by atoms with Gasteiger partial charge in [0.15, 0.2) is 0 Å². The molecule has 2 aromatic carbocycles. The first-order chi connectivity index (χ1) is 43.6.